The van der Waals surface area contributed by atoms with Crippen LogP contribution >= 0.6 is 0 Å². The van der Waals surface area contributed by atoms with E-state index in [0.717, 1.165) is 29.7 Å². The standard InChI is InChI=1S/C48H62FN7O10/c1-47(2,3)39(52-45(63)65-7)43(61)54-25-33(57)23-37(54)41(59)50-30-15-9-27(10-16-30)35-21-22-36(56(35)32-19-13-29(49)14-20-32)28-11-17-31(18-12-28)51-42(60)38-24-34(58)26-55(38)44(62)40(48(4,5)6)53-46(64)66-8/h9-20,33-40,57-58H,21-26H2,1-8H3,(H,50,59)(H,51,60)(H,52,63)(H,53,64)/t33-,34-,35-,36-,37-,38-,39+,40+/m0/s1. The third-order valence-corrected chi connectivity index (χ3v) is 12.5. The number of nitrogens with zero attached hydrogens (tertiary/aromatic N) is 3. The van der Waals surface area contributed by atoms with Gasteiger partial charge in [0.25, 0.3) is 0 Å². The highest BCUT2D eigenvalue weighted by Gasteiger charge is 2.46. The summed E-state index contributed by atoms with van der Waals surface area (Å²) >= 11 is 0. The number of hydrogen-bond donors (Lipinski definition) is 6. The number of carbonyl (C=O) groups is 6. The number of β-amino-alcohol motifs (C(OH)–C–C–N with tert-alkyl or cyclic N) is 2. The molecule has 356 valence electrons. The SMILES string of the molecule is COC(=O)N[C@H](C(=O)N1C[C@@H](O)C[C@H]1C(=O)Nc1ccc([C@@H]2CC[C@@H](c3ccc(NC(=O)[C@@H]4C[C@H](O)CN4C(=O)[C@@H](NC(=O)OC)C(C)(C)C)cc3)N2c2ccc(F)cc2)cc1)C(C)(C)C. The average Bonchev–Trinajstić information content (AvgIpc) is 4.01. The van der Waals surface area contributed by atoms with Gasteiger partial charge in [-0.3, -0.25) is 19.2 Å². The van der Waals surface area contributed by atoms with E-state index in [0.29, 0.717) is 11.4 Å². The first-order valence-electron chi connectivity index (χ1n) is 22.1. The number of aliphatic hydroxyl groups is 2. The van der Waals surface area contributed by atoms with Gasteiger partial charge in [0.2, 0.25) is 23.6 Å². The predicted molar refractivity (Wildman–Crippen MR) is 244 cm³/mol. The predicted octanol–water partition coefficient (Wildman–Crippen LogP) is 5.25. The normalized spacial score (nSPS) is 22.9. The zero-order valence-electron chi connectivity index (χ0n) is 38.7. The lowest BCUT2D eigenvalue weighted by molar-refractivity contribution is -0.140. The van der Waals surface area contributed by atoms with Crippen LogP contribution in [0.4, 0.5) is 31.0 Å². The van der Waals surface area contributed by atoms with E-state index in [1.807, 2.05) is 24.3 Å². The second-order valence-electron chi connectivity index (χ2n) is 19.4. The molecule has 3 aliphatic rings. The lowest BCUT2D eigenvalue weighted by Crippen LogP contribution is -2.57. The summed E-state index contributed by atoms with van der Waals surface area (Å²) in [7, 11) is 2.39. The van der Waals surface area contributed by atoms with Crippen LogP contribution in [0.3, 0.4) is 0 Å². The summed E-state index contributed by atoms with van der Waals surface area (Å²) in [6.45, 7) is 10.5. The number of anilines is 3. The molecule has 0 aromatic heterocycles. The maximum atomic E-state index is 14.2. The largest absolute Gasteiger partial charge is 0.453 e. The van der Waals surface area contributed by atoms with Crippen LogP contribution < -0.4 is 26.2 Å². The Kier molecular flexibility index (Phi) is 15.0. The molecule has 0 saturated carbocycles. The molecule has 6 rings (SSSR count). The van der Waals surface area contributed by atoms with Crippen LogP contribution in [0, 0.1) is 16.6 Å². The molecule has 3 fully saturated rings. The Bertz CT molecular complexity index is 2110. The molecule has 6 N–H and O–H groups in total. The monoisotopic (exact) mass is 915 g/mol. The highest BCUT2D eigenvalue weighted by Crippen LogP contribution is 2.47. The summed E-state index contributed by atoms with van der Waals surface area (Å²) in [5.74, 6) is -2.37. The van der Waals surface area contributed by atoms with Crippen LogP contribution in [0.5, 0.6) is 0 Å². The maximum absolute atomic E-state index is 14.2. The van der Waals surface area contributed by atoms with E-state index in [1.165, 1.54) is 36.2 Å². The fraction of sp³-hybridized carbons (Fsp3) is 0.500. The number of rotatable bonds is 11. The molecule has 0 bridgehead atoms. The minimum Gasteiger partial charge on any atom is -0.453 e. The molecule has 3 aromatic carbocycles. The highest BCUT2D eigenvalue weighted by atomic mass is 19.1. The average molecular weight is 916 g/mol. The molecular weight excluding hydrogens is 854 g/mol. The van der Waals surface area contributed by atoms with Crippen LogP contribution in [-0.2, 0) is 28.7 Å². The van der Waals surface area contributed by atoms with Gasteiger partial charge in [0.1, 0.15) is 30.0 Å². The molecule has 66 heavy (non-hydrogen) atoms. The molecule has 0 unspecified atom stereocenters. The Labute approximate surface area is 384 Å². The van der Waals surface area contributed by atoms with Crippen LogP contribution in [0.15, 0.2) is 72.8 Å². The molecule has 0 radical (unpaired) electrons. The molecule has 17 nitrogen and oxygen atoms in total. The number of alkyl carbamates (subject to hydrolysis) is 2. The van der Waals surface area contributed by atoms with Crippen LogP contribution in [0.25, 0.3) is 0 Å². The third-order valence-electron chi connectivity index (χ3n) is 12.5. The van der Waals surface area contributed by atoms with Gasteiger partial charge in [-0.1, -0.05) is 65.8 Å². The molecule has 18 heteroatoms. The number of carbonyl (C=O) groups excluding carboxylic acids is 6. The van der Waals surface area contributed by atoms with Crippen molar-refractivity contribution in [3.63, 3.8) is 0 Å². The molecular formula is C48H62FN7O10. The minimum atomic E-state index is -1.02. The summed E-state index contributed by atoms with van der Waals surface area (Å²) in [4.78, 5) is 84.0. The summed E-state index contributed by atoms with van der Waals surface area (Å²) in [6, 6.07) is 16.7. The molecule has 3 saturated heterocycles. The van der Waals surface area contributed by atoms with Crippen LogP contribution in [0.1, 0.15) is 90.4 Å². The Balaban J connectivity index is 1.16. The van der Waals surface area contributed by atoms with E-state index >= 15 is 0 Å². The van der Waals surface area contributed by atoms with Gasteiger partial charge in [-0.25, -0.2) is 14.0 Å². The van der Waals surface area contributed by atoms with Crippen molar-refractivity contribution in [3.8, 4) is 0 Å². The first-order valence-corrected chi connectivity index (χ1v) is 22.1. The van der Waals surface area contributed by atoms with E-state index in [2.05, 4.69) is 26.2 Å². The van der Waals surface area contributed by atoms with Crippen molar-refractivity contribution in [3.05, 3.63) is 89.7 Å². The van der Waals surface area contributed by atoms with Gasteiger partial charge < -0.3 is 55.7 Å². The van der Waals surface area contributed by atoms with Gasteiger partial charge in [-0.2, -0.15) is 0 Å². The van der Waals surface area contributed by atoms with Gasteiger partial charge in [-0.15, -0.1) is 0 Å². The van der Waals surface area contributed by atoms with Crippen molar-refractivity contribution in [1.29, 1.82) is 0 Å². The van der Waals surface area contributed by atoms with Crippen molar-refractivity contribution in [1.82, 2.24) is 20.4 Å². The van der Waals surface area contributed by atoms with Crippen molar-refractivity contribution in [2.24, 2.45) is 10.8 Å². The Hall–Kier alpha value is -6.27. The number of nitrogens with one attached hydrogen (secondary N) is 4. The topological polar surface area (TPSA) is 219 Å². The highest BCUT2D eigenvalue weighted by molar-refractivity contribution is 6.00. The zero-order chi connectivity index (χ0) is 48.2. The number of benzene rings is 3. The number of methoxy groups -OCH3 is 2. The van der Waals surface area contributed by atoms with Crippen LogP contribution in [-0.4, -0.2) is 120 Å². The fourth-order valence-corrected chi connectivity index (χ4v) is 9.06. The quantitative estimate of drug-likeness (QED) is 0.146. The maximum Gasteiger partial charge on any atom is 0.407 e. The lowest BCUT2D eigenvalue weighted by atomic mass is 9.85. The zero-order valence-corrected chi connectivity index (χ0v) is 38.7. The molecule has 3 aliphatic heterocycles. The second-order valence-corrected chi connectivity index (χ2v) is 19.4. The Morgan fingerprint density at radius 1 is 0.606 bits per heavy atom. The first-order chi connectivity index (χ1) is 31.1. The number of hydrogen-bond acceptors (Lipinski definition) is 11. The van der Waals surface area contributed by atoms with Gasteiger partial charge in [-0.05, 0) is 83.3 Å². The van der Waals surface area contributed by atoms with Crippen molar-refractivity contribution >= 4 is 52.9 Å². The lowest BCUT2D eigenvalue weighted by Gasteiger charge is -2.35. The molecule has 3 heterocycles. The number of aliphatic hydroxyl groups excluding tert-OH is 2. The first kappa shape index (κ1) is 49.2. The van der Waals surface area contributed by atoms with Gasteiger partial charge >= 0.3 is 12.2 Å². The number of likely N-dealkylation sites (tertiary alicyclic amines) is 2. The van der Waals surface area contributed by atoms with Crippen molar-refractivity contribution in [2.45, 2.75) is 116 Å². The Morgan fingerprint density at radius 2 is 0.970 bits per heavy atom. The summed E-state index contributed by atoms with van der Waals surface area (Å²) in [6.07, 6.45) is -1.95. The van der Waals surface area contributed by atoms with E-state index in [-0.39, 0.29) is 43.8 Å². The molecule has 6 amide bonds. The number of halogens is 1. The van der Waals surface area contributed by atoms with Gasteiger partial charge in [0, 0.05) is 43.0 Å². The van der Waals surface area contributed by atoms with E-state index in [9.17, 15) is 43.4 Å². The second kappa shape index (κ2) is 20.1. The fourth-order valence-electron chi connectivity index (χ4n) is 9.06. The molecule has 8 atom stereocenters. The van der Waals surface area contributed by atoms with Gasteiger partial charge in [0.15, 0.2) is 0 Å². The summed E-state index contributed by atoms with van der Waals surface area (Å²) in [5.41, 5.74) is 2.17. The summed E-state index contributed by atoms with van der Waals surface area (Å²) in [5, 5.41) is 32.1. The number of ether oxygens (including phenoxy) is 2. The molecule has 0 aliphatic carbocycles. The smallest absolute Gasteiger partial charge is 0.407 e. The molecule has 3 aromatic rings. The van der Waals surface area contributed by atoms with E-state index in [1.54, 1.807) is 77.9 Å². The van der Waals surface area contributed by atoms with E-state index < -0.39 is 83.0 Å². The van der Waals surface area contributed by atoms with E-state index in [4.69, 9.17) is 9.47 Å². The molecule has 0 spiro atoms. The van der Waals surface area contributed by atoms with Crippen molar-refractivity contribution < 1.29 is 52.8 Å². The number of amides is 6. The summed E-state index contributed by atoms with van der Waals surface area (Å²) < 4.78 is 23.7. The Morgan fingerprint density at radius 3 is 1.30 bits per heavy atom. The van der Waals surface area contributed by atoms with Crippen molar-refractivity contribution in [2.75, 3.05) is 42.8 Å². The van der Waals surface area contributed by atoms with Gasteiger partial charge in [0.05, 0.1) is 38.5 Å². The minimum absolute atomic E-state index is 0.0220. The van der Waals surface area contributed by atoms with Crippen LogP contribution in [0.2, 0.25) is 0 Å². The third kappa shape index (κ3) is 11.2.